The average Bonchev–Trinajstić information content (AvgIpc) is 2.73. The number of nitrogens with two attached hydrogens (primary N) is 1. The second-order valence-corrected chi connectivity index (χ2v) is 6.05. The minimum atomic E-state index is -0.260. The Morgan fingerprint density at radius 1 is 1.63 bits per heavy atom. The fourth-order valence-electron chi connectivity index (χ4n) is 1.74. The molecule has 0 bridgehead atoms. The molecule has 3 N–H and O–H groups in total. The Balaban J connectivity index is 2.38. The number of amides is 1. The Kier molecular flexibility index (Phi) is 4.13. The first kappa shape index (κ1) is 13.9. The minimum Gasteiger partial charge on any atom is -0.397 e. The molecule has 1 heterocycles. The fourth-order valence-corrected chi connectivity index (χ4v) is 3.11. The molecule has 0 saturated heterocycles. The number of rotatable bonds is 3. The van der Waals surface area contributed by atoms with Crippen molar-refractivity contribution in [3.8, 4) is 12.3 Å². The van der Waals surface area contributed by atoms with Crippen molar-refractivity contribution >= 4 is 48.9 Å². The van der Waals surface area contributed by atoms with Gasteiger partial charge in [-0.05, 0) is 24.6 Å². The summed E-state index contributed by atoms with van der Waals surface area (Å²) in [6, 6.07) is 5.52. The second kappa shape index (κ2) is 5.64. The van der Waals surface area contributed by atoms with Gasteiger partial charge in [0.05, 0.1) is 11.7 Å². The Hall–Kier alpha value is -1.51. The lowest BCUT2D eigenvalue weighted by Crippen LogP contribution is -2.33. The van der Waals surface area contributed by atoms with Crippen LogP contribution in [-0.4, -0.2) is 11.9 Å². The molecule has 98 valence electrons. The maximum absolute atomic E-state index is 12.2. The van der Waals surface area contributed by atoms with Crippen LogP contribution in [0.15, 0.2) is 22.7 Å². The zero-order chi connectivity index (χ0) is 14.0. The van der Waals surface area contributed by atoms with E-state index < -0.39 is 0 Å². The third-order valence-electron chi connectivity index (χ3n) is 2.81. The highest BCUT2D eigenvalue weighted by atomic mass is 79.9. The summed E-state index contributed by atoms with van der Waals surface area (Å²) in [7, 11) is 0. The van der Waals surface area contributed by atoms with Gasteiger partial charge < -0.3 is 11.1 Å². The van der Waals surface area contributed by atoms with E-state index in [2.05, 4.69) is 27.2 Å². The number of hydrogen-bond donors (Lipinski definition) is 2. The summed E-state index contributed by atoms with van der Waals surface area (Å²) in [5.41, 5.74) is 6.55. The summed E-state index contributed by atoms with van der Waals surface area (Å²) >= 11 is 4.77. The van der Waals surface area contributed by atoms with Gasteiger partial charge in [0, 0.05) is 14.6 Å². The highest BCUT2D eigenvalue weighted by molar-refractivity contribution is 9.10. The van der Waals surface area contributed by atoms with Gasteiger partial charge in [-0.3, -0.25) is 4.79 Å². The van der Waals surface area contributed by atoms with Gasteiger partial charge in [0.25, 0.3) is 5.91 Å². The normalized spacial score (nSPS) is 12.1. The predicted octanol–water partition coefficient (Wildman–Crippen LogP) is 3.39. The van der Waals surface area contributed by atoms with Crippen LogP contribution in [0, 0.1) is 12.3 Å². The van der Waals surface area contributed by atoms with Gasteiger partial charge in [0.1, 0.15) is 4.88 Å². The number of thiophene rings is 1. The van der Waals surface area contributed by atoms with E-state index in [-0.39, 0.29) is 11.9 Å². The minimum absolute atomic E-state index is 0.209. The highest BCUT2D eigenvalue weighted by Crippen LogP contribution is 2.35. The summed E-state index contributed by atoms with van der Waals surface area (Å²) < 4.78 is 1.92. The van der Waals surface area contributed by atoms with Crippen LogP contribution in [-0.2, 0) is 0 Å². The zero-order valence-electron chi connectivity index (χ0n) is 10.4. The van der Waals surface area contributed by atoms with Gasteiger partial charge in [-0.2, -0.15) is 0 Å². The molecule has 0 radical (unpaired) electrons. The largest absolute Gasteiger partial charge is 0.397 e. The topological polar surface area (TPSA) is 55.1 Å². The van der Waals surface area contributed by atoms with Crippen LogP contribution in [0.1, 0.15) is 23.0 Å². The number of benzene rings is 1. The molecular formula is C14H13BrN2OS. The molecule has 5 heteroatoms. The predicted molar refractivity (Wildman–Crippen MR) is 84.3 cm³/mol. The first-order valence-corrected chi connectivity index (χ1v) is 7.42. The number of anilines is 1. The molecule has 1 unspecified atom stereocenters. The molecule has 3 nitrogen and oxygen atoms in total. The SMILES string of the molecule is C#CC(CC)NC(=O)c1sc2ccc(Br)cc2c1N. The Bertz CT molecular complexity index is 672. The maximum atomic E-state index is 12.2. The maximum Gasteiger partial charge on any atom is 0.264 e. The van der Waals surface area contributed by atoms with Crippen LogP contribution in [0.4, 0.5) is 5.69 Å². The number of nitrogens with one attached hydrogen (secondary N) is 1. The lowest BCUT2D eigenvalue weighted by atomic mass is 10.2. The van der Waals surface area contributed by atoms with Gasteiger partial charge in [-0.1, -0.05) is 28.8 Å². The number of carbonyl (C=O) groups is 1. The Morgan fingerprint density at radius 3 is 3.00 bits per heavy atom. The molecule has 1 amide bonds. The van der Waals surface area contributed by atoms with Gasteiger partial charge >= 0.3 is 0 Å². The number of carbonyl (C=O) groups excluding carboxylic acids is 1. The monoisotopic (exact) mass is 336 g/mol. The molecule has 1 aromatic heterocycles. The molecule has 0 fully saturated rings. The molecule has 19 heavy (non-hydrogen) atoms. The van der Waals surface area contributed by atoms with Crippen LogP contribution < -0.4 is 11.1 Å². The number of fused-ring (bicyclic) bond motifs is 1. The van der Waals surface area contributed by atoms with Crippen LogP contribution in [0.3, 0.4) is 0 Å². The van der Waals surface area contributed by atoms with Crippen molar-refractivity contribution in [1.29, 1.82) is 0 Å². The van der Waals surface area contributed by atoms with Crippen molar-refractivity contribution in [2.45, 2.75) is 19.4 Å². The molecule has 2 rings (SSSR count). The van der Waals surface area contributed by atoms with Crippen LogP contribution in [0.2, 0.25) is 0 Å². The standard InChI is InChI=1S/C14H13BrN2OS/c1-3-9(4-2)17-14(18)13-12(16)10-7-8(15)5-6-11(10)19-13/h1,5-7,9H,4,16H2,2H3,(H,17,18). The van der Waals surface area contributed by atoms with E-state index in [9.17, 15) is 4.79 Å². The molecule has 0 aliphatic heterocycles. The van der Waals surface area contributed by atoms with E-state index in [4.69, 9.17) is 12.2 Å². The van der Waals surface area contributed by atoms with E-state index in [0.717, 1.165) is 14.6 Å². The first-order valence-electron chi connectivity index (χ1n) is 5.81. The average molecular weight is 337 g/mol. The third kappa shape index (κ3) is 2.75. The summed E-state index contributed by atoms with van der Waals surface area (Å²) in [5, 5.41) is 3.68. The summed E-state index contributed by atoms with van der Waals surface area (Å²) in [5.74, 6) is 2.33. The molecule has 0 saturated carbocycles. The first-order chi connectivity index (χ1) is 9.06. The molecule has 0 aliphatic carbocycles. The van der Waals surface area contributed by atoms with Gasteiger partial charge in [-0.15, -0.1) is 17.8 Å². The van der Waals surface area contributed by atoms with Crippen molar-refractivity contribution in [3.63, 3.8) is 0 Å². The van der Waals surface area contributed by atoms with Crippen molar-refractivity contribution in [3.05, 3.63) is 27.5 Å². The van der Waals surface area contributed by atoms with Crippen LogP contribution in [0.25, 0.3) is 10.1 Å². The number of nitrogen functional groups attached to an aromatic ring is 1. The number of hydrogen-bond acceptors (Lipinski definition) is 3. The fraction of sp³-hybridized carbons (Fsp3) is 0.214. The van der Waals surface area contributed by atoms with Gasteiger partial charge in [-0.25, -0.2) is 0 Å². The molecule has 0 aliphatic rings. The molecule has 0 spiro atoms. The number of terminal acetylenes is 1. The van der Waals surface area contributed by atoms with Crippen LogP contribution in [0.5, 0.6) is 0 Å². The van der Waals surface area contributed by atoms with E-state index in [0.29, 0.717) is 17.0 Å². The van der Waals surface area contributed by atoms with Crippen molar-refractivity contribution < 1.29 is 4.79 Å². The highest BCUT2D eigenvalue weighted by Gasteiger charge is 2.18. The third-order valence-corrected chi connectivity index (χ3v) is 4.49. The summed E-state index contributed by atoms with van der Waals surface area (Å²) in [6.45, 7) is 1.93. The molecule has 1 atom stereocenters. The smallest absolute Gasteiger partial charge is 0.264 e. The van der Waals surface area contributed by atoms with Gasteiger partial charge in [0.2, 0.25) is 0 Å². The molecular weight excluding hydrogens is 324 g/mol. The number of halogens is 1. The quantitative estimate of drug-likeness (QED) is 0.844. The van der Waals surface area contributed by atoms with Crippen molar-refractivity contribution in [2.24, 2.45) is 0 Å². The lowest BCUT2D eigenvalue weighted by Gasteiger charge is -2.09. The van der Waals surface area contributed by atoms with Crippen LogP contribution >= 0.6 is 27.3 Å². The van der Waals surface area contributed by atoms with E-state index in [1.165, 1.54) is 11.3 Å². The van der Waals surface area contributed by atoms with Crippen molar-refractivity contribution in [2.75, 3.05) is 5.73 Å². The lowest BCUT2D eigenvalue weighted by molar-refractivity contribution is 0.0950. The van der Waals surface area contributed by atoms with Crippen molar-refractivity contribution in [1.82, 2.24) is 5.32 Å². The van der Waals surface area contributed by atoms with E-state index >= 15 is 0 Å². The Labute approximate surface area is 124 Å². The molecule has 1 aromatic carbocycles. The van der Waals surface area contributed by atoms with Gasteiger partial charge in [0.15, 0.2) is 0 Å². The van der Waals surface area contributed by atoms with E-state index in [1.54, 1.807) is 0 Å². The summed E-state index contributed by atoms with van der Waals surface area (Å²) in [6.07, 6.45) is 6.04. The zero-order valence-corrected chi connectivity index (χ0v) is 12.8. The summed E-state index contributed by atoms with van der Waals surface area (Å²) in [4.78, 5) is 12.7. The second-order valence-electron chi connectivity index (χ2n) is 4.09. The molecule has 2 aromatic rings. The Morgan fingerprint density at radius 2 is 2.37 bits per heavy atom. The van der Waals surface area contributed by atoms with E-state index in [1.807, 2.05) is 25.1 Å².